The molecule has 5 aliphatic heterocycles. The average molecular weight is 2040 g/mol. The molecule has 0 atom stereocenters. The molecule has 0 spiro atoms. The van der Waals surface area contributed by atoms with Crippen molar-refractivity contribution in [2.24, 2.45) is 0 Å². The molecule has 41 heteroatoms. The quantitative estimate of drug-likeness (QED) is 0.0246. The summed E-state index contributed by atoms with van der Waals surface area (Å²) in [7, 11) is 9.42. The van der Waals surface area contributed by atoms with Gasteiger partial charge in [0.2, 0.25) is 11.9 Å². The minimum Gasteiger partial charge on any atom is -0.494 e. The van der Waals surface area contributed by atoms with Gasteiger partial charge in [0, 0.05) is 117 Å². The van der Waals surface area contributed by atoms with Gasteiger partial charge in [-0.3, -0.25) is 19.2 Å². The Morgan fingerprint density at radius 3 is 1.17 bits per heavy atom. The molecule has 5 aliphatic rings. The predicted octanol–water partition coefficient (Wildman–Crippen LogP) is 10.3. The molecule has 2 aromatic carbocycles. The number of piperazine rings is 5. The standard InChI is InChI=1S/C30H32N12O3.C21H19ClN8O3.C9H13BrN4.C9H13N4.C4H2Br2N2.3C4H9.Sn/c1-38-8-10-39(11-9-38)24-19-31-22(17-32-24)26-27-25(23(45-2)18-34-26)21(16-33-27)28(43)29(44)40-12-14-41(15-13-40)30-35-36-37-42(30)20-6-4-3-5-7-20;1-33-15-12-24-19(22)17-16(15)14(11-23-17)18(31)20(32)28-7-9-29(10-8-28)21-25-26-27-30(21)13-5-3-2-4-6-13;1-13-2-4-14(5-3-13)9-7-11-8(10)6-12-9;1-12-4-6-13(7-5-12)9-8-10-2-3-11-9;5-3-1-7-4(6)2-8-3;3*1-3-4-2;/h3-7,16-19,33H,8-15H2,1-2H3;2-6,11-12,23H,7-10H2,1H3;6-7H,2-5H2,1H3;3,8H,4-7H2,1H3;1-2H;3*1,3-4H2,2H3;. The van der Waals surface area contributed by atoms with Gasteiger partial charge in [0.25, 0.3) is 23.4 Å². The van der Waals surface area contributed by atoms with Crippen molar-refractivity contribution in [1.82, 2.24) is 125 Å². The van der Waals surface area contributed by atoms with Crippen LogP contribution < -0.4 is 37.7 Å². The van der Waals surface area contributed by atoms with Crippen molar-refractivity contribution in [3.8, 4) is 34.3 Å². The number of carbonyl (C=O) groups excluding carboxylic acids is 4. The number of anilines is 5. The molecule has 2 N–H and O–H groups in total. The fourth-order valence-electron chi connectivity index (χ4n) is 15.6. The van der Waals surface area contributed by atoms with Crippen molar-refractivity contribution < 1.29 is 28.7 Å². The molecule has 0 saturated carbocycles. The van der Waals surface area contributed by atoms with Gasteiger partial charge in [0.15, 0.2) is 5.15 Å². The number of aromatic amines is 2. The SMILES string of the molecule is Brc1cnc(Br)cn1.CCC[CH2][Sn]([CH2]CCC)([CH2]CCC)[c]1cnc(N2CCN(C)CC2)cn1.CN1CCN(c2cnc(Br)cn2)CC1.COc1cnc(-c2cnc(N3CCN(C)CC3)cn2)c2[nH]cc(C(=O)C(=O)N3CCN(c4nnnn4-c4ccccc4)CC3)c12.COc1cnc(Cl)c2[nH]cc(C(=O)C(=O)N3CCN(c4nnnn4-c4ccccc4)CC3)c12. The van der Waals surface area contributed by atoms with E-state index in [0.29, 0.717) is 109 Å². The van der Waals surface area contributed by atoms with Crippen LogP contribution in [0.5, 0.6) is 11.5 Å². The third kappa shape index (κ3) is 23.3. The Morgan fingerprint density at radius 2 is 0.794 bits per heavy atom. The molecule has 17 rings (SSSR count). The van der Waals surface area contributed by atoms with Crippen molar-refractivity contribution in [2.45, 2.75) is 72.6 Å². The van der Waals surface area contributed by atoms with E-state index in [2.05, 4.69) is 212 Å². The van der Waals surface area contributed by atoms with Crippen LogP contribution in [0.1, 0.15) is 80.0 Å². The summed E-state index contributed by atoms with van der Waals surface area (Å²) >= 11 is 13.3. The maximum absolute atomic E-state index is 13.7. The van der Waals surface area contributed by atoms with Crippen LogP contribution in [0.15, 0.2) is 149 Å². The smallest absolute Gasteiger partial charge is 0.295 e. The fourth-order valence-corrected chi connectivity index (χ4v) is 31.5. The van der Waals surface area contributed by atoms with E-state index in [-0.39, 0.29) is 16.3 Å². The number of ketones is 2. The molecule has 36 nitrogen and oxygen atoms in total. The molecule has 0 bridgehead atoms. The molecule has 2 amide bonds. The van der Waals surface area contributed by atoms with Gasteiger partial charge in [-0.1, -0.05) is 58.2 Å². The molecule has 0 unspecified atom stereocenters. The van der Waals surface area contributed by atoms with E-state index < -0.39 is 41.8 Å². The molecule has 126 heavy (non-hydrogen) atoms. The second kappa shape index (κ2) is 45.3. The van der Waals surface area contributed by atoms with Crippen LogP contribution in [0, 0.1) is 0 Å². The van der Waals surface area contributed by atoms with Crippen molar-refractivity contribution in [3.63, 3.8) is 0 Å². The van der Waals surface area contributed by atoms with Gasteiger partial charge >= 0.3 is 166 Å². The Balaban J connectivity index is 0.000000148. The van der Waals surface area contributed by atoms with Gasteiger partial charge in [-0.15, -0.1) is 0 Å². The molecule has 12 aromatic rings. The van der Waals surface area contributed by atoms with Crippen molar-refractivity contribution in [1.29, 1.82) is 0 Å². The molecule has 0 radical (unpaired) electrons. The molecular formula is C85H106Br3ClN30O6Sn. The zero-order valence-corrected chi connectivity index (χ0v) is 80.6. The molecule has 5 saturated heterocycles. The topological polar surface area (TPSA) is 367 Å². The number of Topliss-reactive ketones (excluding diaryl/α,β-unsaturated/α-hetero) is 2. The van der Waals surface area contributed by atoms with E-state index in [4.69, 9.17) is 31.0 Å². The molecule has 10 aromatic heterocycles. The number of hydrogen-bond acceptors (Lipinski definition) is 30. The van der Waals surface area contributed by atoms with E-state index in [9.17, 15) is 19.2 Å². The normalized spacial score (nSPS) is 15.3. The number of fused-ring (bicyclic) bond motifs is 2. The van der Waals surface area contributed by atoms with E-state index in [1.807, 2.05) is 76.7 Å². The number of nitrogens with one attached hydrogen (secondary N) is 2. The summed E-state index contributed by atoms with van der Waals surface area (Å²) in [5.41, 5.74) is 4.15. The first-order valence-electron chi connectivity index (χ1n) is 42.4. The van der Waals surface area contributed by atoms with E-state index in [0.717, 1.165) is 121 Å². The number of H-pyrrole nitrogens is 2. The molecule has 5 fully saturated rings. The van der Waals surface area contributed by atoms with Crippen LogP contribution >= 0.6 is 59.4 Å². The Labute approximate surface area is 766 Å². The summed E-state index contributed by atoms with van der Waals surface area (Å²) in [6, 6.07) is 19.2. The van der Waals surface area contributed by atoms with Crippen molar-refractivity contribution in [3.05, 3.63) is 165 Å². The van der Waals surface area contributed by atoms with Gasteiger partial charge in [-0.25, -0.2) is 39.9 Å². The van der Waals surface area contributed by atoms with Crippen LogP contribution in [0.4, 0.5) is 29.4 Å². The first-order chi connectivity index (χ1) is 61.3. The van der Waals surface area contributed by atoms with E-state index in [1.165, 1.54) is 93.3 Å². The zero-order valence-electron chi connectivity index (χ0n) is 72.2. The number of amides is 2. The minimum atomic E-state index is -2.41. The predicted molar refractivity (Wildman–Crippen MR) is 499 cm³/mol. The van der Waals surface area contributed by atoms with Crippen LogP contribution in [0.3, 0.4) is 0 Å². The monoisotopic (exact) mass is 2030 g/mol. The Morgan fingerprint density at radius 1 is 0.421 bits per heavy atom. The van der Waals surface area contributed by atoms with Gasteiger partial charge in [-0.05, 0) is 107 Å². The number of unbranched alkanes of at least 4 members (excludes halogenated alkanes) is 3. The summed E-state index contributed by atoms with van der Waals surface area (Å²) in [5.74, 6) is 2.34. The van der Waals surface area contributed by atoms with Crippen molar-refractivity contribution >= 4 is 156 Å². The second-order valence-electron chi connectivity index (χ2n) is 31.2. The maximum Gasteiger partial charge on any atom is 0.295 e. The van der Waals surface area contributed by atoms with Gasteiger partial charge in [-0.2, -0.15) is 9.36 Å². The number of ether oxygens (including phenoxy) is 2. The van der Waals surface area contributed by atoms with E-state index >= 15 is 0 Å². The van der Waals surface area contributed by atoms with Gasteiger partial charge < -0.3 is 58.6 Å². The number of para-hydroxylation sites is 2. The first-order valence-corrected chi connectivity index (χ1v) is 52.7. The number of nitrogens with zero attached hydrogens (tertiary/aromatic N) is 28. The number of benzene rings is 2. The van der Waals surface area contributed by atoms with Crippen LogP contribution in [0.25, 0.3) is 44.6 Å². The second-order valence-corrected chi connectivity index (χ2v) is 47.1. The number of rotatable bonds is 24. The number of carbonyl (C=O) groups is 4. The Hall–Kier alpha value is -10.4. The molecular weight excluding hydrogens is 1930 g/mol. The summed E-state index contributed by atoms with van der Waals surface area (Å²) in [5, 5.41) is 25.3. The number of methoxy groups -OCH3 is 2. The summed E-state index contributed by atoms with van der Waals surface area (Å²) in [6.07, 6.45) is 28.6. The molecule has 0 aliphatic carbocycles. The summed E-state index contributed by atoms with van der Waals surface area (Å²) < 4.78 is 22.3. The number of aromatic nitrogens is 20. The Bertz CT molecular complexity index is 5450. The third-order valence-corrected chi connectivity index (χ3v) is 39.6. The van der Waals surface area contributed by atoms with E-state index in [1.54, 1.807) is 51.4 Å². The van der Waals surface area contributed by atoms with Gasteiger partial charge in [0.05, 0.1) is 108 Å². The number of tetrazole rings is 2. The molecule has 664 valence electrons. The fraction of sp³-hybridized carbons (Fsp3) is 0.435. The van der Waals surface area contributed by atoms with Crippen molar-refractivity contribution in [2.75, 3.05) is 191 Å². The van der Waals surface area contributed by atoms with Crippen LogP contribution in [0.2, 0.25) is 18.5 Å². The number of hydrogen-bond donors (Lipinski definition) is 2. The zero-order chi connectivity index (χ0) is 88.6. The Kier molecular flexibility index (Phi) is 33.5. The first kappa shape index (κ1) is 93.2. The summed E-state index contributed by atoms with van der Waals surface area (Å²) in [6.45, 7) is 22.6. The third-order valence-electron chi connectivity index (χ3n) is 23.0. The number of likely N-dealkylation sites (N-methyl/N-ethyl adjacent to an activating group) is 3. The van der Waals surface area contributed by atoms with Crippen LogP contribution in [-0.4, -0.2) is 333 Å². The number of pyridine rings is 2. The average Bonchev–Trinajstić information content (AvgIpc) is 1.63. The number of halogens is 4. The summed E-state index contributed by atoms with van der Waals surface area (Å²) in [4.78, 5) is 124. The maximum atomic E-state index is 13.7. The van der Waals surface area contributed by atoms with Crippen LogP contribution in [-0.2, 0) is 9.59 Å². The largest absolute Gasteiger partial charge is 0.494 e. The molecule has 15 heterocycles. The minimum absolute atomic E-state index is 0.196. The van der Waals surface area contributed by atoms with Gasteiger partial charge in [0.1, 0.15) is 48.3 Å².